The van der Waals surface area contributed by atoms with E-state index in [1.807, 2.05) is 6.92 Å². The van der Waals surface area contributed by atoms with Crippen LogP contribution in [0.2, 0.25) is 0 Å². The van der Waals surface area contributed by atoms with Crippen LogP contribution < -0.4 is 10.5 Å². The molecule has 0 aromatic heterocycles. The van der Waals surface area contributed by atoms with Gasteiger partial charge in [-0.2, -0.15) is 0 Å². The second kappa shape index (κ2) is 6.32. The van der Waals surface area contributed by atoms with E-state index in [1.165, 1.54) is 0 Å². The Balaban J connectivity index is 1.79. The predicted octanol–water partition coefficient (Wildman–Crippen LogP) is -0.487. The summed E-state index contributed by atoms with van der Waals surface area (Å²) in [6, 6.07) is 4.96. The summed E-state index contributed by atoms with van der Waals surface area (Å²) < 4.78 is 38.1. The van der Waals surface area contributed by atoms with Crippen LogP contribution in [0.5, 0.6) is 5.75 Å². The van der Waals surface area contributed by atoms with Gasteiger partial charge in [0.2, 0.25) is 0 Å². The summed E-state index contributed by atoms with van der Waals surface area (Å²) in [5.41, 5.74) is 6.72. The van der Waals surface area contributed by atoms with E-state index < -0.39 is 34.4 Å². The van der Waals surface area contributed by atoms with E-state index in [0.717, 1.165) is 0 Å². The van der Waals surface area contributed by atoms with Crippen LogP contribution in [0.1, 0.15) is 24.5 Å². The van der Waals surface area contributed by atoms with Gasteiger partial charge < -0.3 is 25.4 Å². The lowest BCUT2D eigenvalue weighted by molar-refractivity contribution is -0.0169. The molecule has 0 bridgehead atoms. The molecular weight excluding hydrogens is 336 g/mol. The number of amidine groups is 1. The van der Waals surface area contributed by atoms with Crippen molar-refractivity contribution in [2.45, 2.75) is 43.5 Å². The maximum absolute atomic E-state index is 11.7. The zero-order valence-electron chi connectivity index (χ0n) is 13.1. The lowest BCUT2D eigenvalue weighted by Gasteiger charge is -2.20. The number of aliphatic hydroxyl groups is 2. The third-order valence-electron chi connectivity index (χ3n) is 4.21. The number of ether oxygens (including phenoxy) is 2. The Morgan fingerprint density at radius 1 is 1.33 bits per heavy atom. The minimum atomic E-state index is -3.61. The largest absolute Gasteiger partial charge is 0.490 e. The van der Waals surface area contributed by atoms with Crippen molar-refractivity contribution in [3.05, 3.63) is 29.3 Å². The molecule has 8 nitrogen and oxygen atoms in total. The van der Waals surface area contributed by atoms with Crippen LogP contribution in [0.4, 0.5) is 0 Å². The van der Waals surface area contributed by atoms with Gasteiger partial charge in [-0.3, -0.25) is 0 Å². The Hall–Kier alpha value is -1.68. The fraction of sp³-hybridized carbons (Fsp3) is 0.533. The molecule has 4 N–H and O–H groups in total. The van der Waals surface area contributed by atoms with E-state index in [9.17, 15) is 18.6 Å². The summed E-state index contributed by atoms with van der Waals surface area (Å²) in [7, 11) is -3.61. The SMILES string of the molecule is CC[C@@H]1O[C@H](COc2cccc3c2C(N)=NS(=O)(=O)C3)[C@@H](O)[C@H]1O. The van der Waals surface area contributed by atoms with Crippen LogP contribution in [0, 0.1) is 0 Å². The lowest BCUT2D eigenvalue weighted by atomic mass is 10.1. The highest BCUT2D eigenvalue weighted by atomic mass is 32.2. The molecule has 0 saturated carbocycles. The monoisotopic (exact) mass is 356 g/mol. The number of hydrogen-bond donors (Lipinski definition) is 3. The molecule has 0 amide bonds. The Morgan fingerprint density at radius 3 is 2.71 bits per heavy atom. The number of sulfonamides is 1. The van der Waals surface area contributed by atoms with Crippen molar-refractivity contribution >= 4 is 15.9 Å². The molecule has 2 aliphatic heterocycles. The van der Waals surface area contributed by atoms with E-state index in [0.29, 0.717) is 23.3 Å². The Kier molecular flexibility index (Phi) is 4.52. The molecular formula is C15H20N2O6S. The topological polar surface area (TPSA) is 131 Å². The zero-order chi connectivity index (χ0) is 17.5. The van der Waals surface area contributed by atoms with Crippen molar-refractivity contribution < 1.29 is 28.1 Å². The molecule has 3 rings (SSSR count). The summed E-state index contributed by atoms with van der Waals surface area (Å²) in [6.07, 6.45) is -2.53. The molecule has 0 spiro atoms. The molecule has 1 aromatic rings. The van der Waals surface area contributed by atoms with Gasteiger partial charge in [0.15, 0.2) is 0 Å². The zero-order valence-corrected chi connectivity index (χ0v) is 13.9. The first-order valence-corrected chi connectivity index (χ1v) is 9.28. The molecule has 1 aromatic carbocycles. The average Bonchev–Trinajstić information content (AvgIpc) is 2.78. The minimum absolute atomic E-state index is 0.00517. The number of aliphatic hydroxyl groups excluding tert-OH is 2. The van der Waals surface area contributed by atoms with E-state index in [1.54, 1.807) is 18.2 Å². The van der Waals surface area contributed by atoms with Crippen molar-refractivity contribution in [1.29, 1.82) is 0 Å². The molecule has 0 radical (unpaired) electrons. The number of nitrogens with zero attached hydrogens (tertiary/aromatic N) is 1. The van der Waals surface area contributed by atoms with E-state index in [-0.39, 0.29) is 18.2 Å². The van der Waals surface area contributed by atoms with Gasteiger partial charge in [-0.25, -0.2) is 8.42 Å². The number of nitrogens with two attached hydrogens (primary N) is 1. The maximum atomic E-state index is 11.7. The van der Waals surface area contributed by atoms with Gasteiger partial charge in [0.1, 0.15) is 36.5 Å². The normalized spacial score (nSPS) is 31.4. The van der Waals surface area contributed by atoms with Crippen LogP contribution in [0.3, 0.4) is 0 Å². The van der Waals surface area contributed by atoms with Gasteiger partial charge >= 0.3 is 0 Å². The van der Waals surface area contributed by atoms with Gasteiger partial charge in [0, 0.05) is 0 Å². The Bertz CT molecular complexity index is 763. The molecule has 132 valence electrons. The first kappa shape index (κ1) is 17.2. The molecule has 24 heavy (non-hydrogen) atoms. The predicted molar refractivity (Wildman–Crippen MR) is 86.3 cm³/mol. The maximum Gasteiger partial charge on any atom is 0.259 e. The van der Waals surface area contributed by atoms with E-state index in [4.69, 9.17) is 15.2 Å². The van der Waals surface area contributed by atoms with Gasteiger partial charge in [-0.05, 0) is 18.1 Å². The van der Waals surface area contributed by atoms with E-state index >= 15 is 0 Å². The highest BCUT2D eigenvalue weighted by molar-refractivity contribution is 7.89. The van der Waals surface area contributed by atoms with E-state index in [2.05, 4.69) is 4.40 Å². The van der Waals surface area contributed by atoms with Crippen molar-refractivity contribution in [2.75, 3.05) is 6.61 Å². The summed E-state index contributed by atoms with van der Waals surface area (Å²) >= 11 is 0. The fourth-order valence-corrected chi connectivity index (χ4v) is 4.09. The summed E-state index contributed by atoms with van der Waals surface area (Å²) in [5.74, 6) is 0.0134. The first-order chi connectivity index (χ1) is 11.3. The molecule has 0 unspecified atom stereocenters. The average molecular weight is 356 g/mol. The van der Waals surface area contributed by atoms with Crippen LogP contribution in [-0.4, -0.2) is 55.5 Å². The highest BCUT2D eigenvalue weighted by Gasteiger charge is 2.42. The smallest absolute Gasteiger partial charge is 0.259 e. The number of benzene rings is 1. The minimum Gasteiger partial charge on any atom is -0.490 e. The van der Waals surface area contributed by atoms with Crippen LogP contribution in [0.25, 0.3) is 0 Å². The standard InChI is InChI=1S/C15H20N2O6S/c1-2-9-13(18)14(19)11(23-9)6-22-10-5-3-4-8-7-24(20,21)17-15(16)12(8)10/h3-5,9,11,13-14,18-19H,2,6-7H2,1H3,(H2,16,17)/t9-,11+,13-,14+/m0/s1. The third kappa shape index (κ3) is 3.12. The molecule has 4 atom stereocenters. The van der Waals surface area contributed by atoms with Crippen LogP contribution in [-0.2, 0) is 20.5 Å². The second-order valence-corrected chi connectivity index (χ2v) is 7.54. The van der Waals surface area contributed by atoms with Crippen molar-refractivity contribution in [1.82, 2.24) is 0 Å². The molecule has 9 heteroatoms. The van der Waals surface area contributed by atoms with Gasteiger partial charge in [-0.1, -0.05) is 19.1 Å². The van der Waals surface area contributed by atoms with Crippen molar-refractivity contribution in [2.24, 2.45) is 10.1 Å². The van der Waals surface area contributed by atoms with Gasteiger partial charge in [0.05, 0.1) is 17.4 Å². The van der Waals surface area contributed by atoms with Crippen LogP contribution >= 0.6 is 0 Å². The molecule has 1 fully saturated rings. The number of rotatable bonds is 4. The molecule has 0 aliphatic carbocycles. The molecule has 2 aliphatic rings. The lowest BCUT2D eigenvalue weighted by Crippen LogP contribution is -2.35. The quantitative estimate of drug-likeness (QED) is 0.663. The molecule has 1 saturated heterocycles. The van der Waals surface area contributed by atoms with Crippen LogP contribution in [0.15, 0.2) is 22.6 Å². The highest BCUT2D eigenvalue weighted by Crippen LogP contribution is 2.29. The Labute approximate surface area is 140 Å². The first-order valence-electron chi connectivity index (χ1n) is 7.67. The fourth-order valence-electron chi connectivity index (χ4n) is 3.00. The van der Waals surface area contributed by atoms with Crippen molar-refractivity contribution in [3.63, 3.8) is 0 Å². The number of fused-ring (bicyclic) bond motifs is 1. The van der Waals surface area contributed by atoms with Gasteiger partial charge in [-0.15, -0.1) is 4.40 Å². The molecule has 2 heterocycles. The van der Waals surface area contributed by atoms with Crippen molar-refractivity contribution in [3.8, 4) is 5.75 Å². The summed E-state index contributed by atoms with van der Waals surface area (Å²) in [4.78, 5) is 0. The second-order valence-electron chi connectivity index (χ2n) is 5.91. The Morgan fingerprint density at radius 2 is 2.04 bits per heavy atom. The summed E-state index contributed by atoms with van der Waals surface area (Å²) in [5, 5.41) is 19.9. The number of hydrogen-bond acceptors (Lipinski definition) is 7. The summed E-state index contributed by atoms with van der Waals surface area (Å²) in [6.45, 7) is 1.86. The van der Waals surface area contributed by atoms with Gasteiger partial charge in [0.25, 0.3) is 10.0 Å². The third-order valence-corrected chi connectivity index (χ3v) is 5.36.